The van der Waals surface area contributed by atoms with Crippen molar-refractivity contribution < 1.29 is 17.5 Å². The van der Waals surface area contributed by atoms with Gasteiger partial charge in [0.25, 0.3) is 10.2 Å². The summed E-state index contributed by atoms with van der Waals surface area (Å²) in [7, 11) is -3.51. The second kappa shape index (κ2) is 6.72. The number of nitrogens with one attached hydrogen (secondary N) is 1. The fourth-order valence-electron chi connectivity index (χ4n) is 2.35. The van der Waals surface area contributed by atoms with Crippen LogP contribution in [0.3, 0.4) is 0 Å². The molecule has 1 aliphatic rings. The third-order valence-corrected chi connectivity index (χ3v) is 5.18. The van der Waals surface area contributed by atoms with Gasteiger partial charge in [0.2, 0.25) is 0 Å². The van der Waals surface area contributed by atoms with Crippen molar-refractivity contribution in [1.29, 1.82) is 0 Å². The van der Waals surface area contributed by atoms with Crippen molar-refractivity contribution >= 4 is 10.2 Å². The van der Waals surface area contributed by atoms with Crippen molar-refractivity contribution in [3.05, 3.63) is 29.6 Å². The summed E-state index contributed by atoms with van der Waals surface area (Å²) in [6.45, 7) is 4.94. The molecule has 1 atom stereocenters. The third-order valence-electron chi connectivity index (χ3n) is 3.49. The first-order chi connectivity index (χ1) is 9.94. The van der Waals surface area contributed by atoms with Gasteiger partial charge < -0.3 is 4.74 Å². The van der Waals surface area contributed by atoms with Gasteiger partial charge in [-0.05, 0) is 44.4 Å². The van der Waals surface area contributed by atoms with E-state index in [9.17, 15) is 12.8 Å². The lowest BCUT2D eigenvalue weighted by molar-refractivity contribution is 0.321. The van der Waals surface area contributed by atoms with Crippen LogP contribution in [0.2, 0.25) is 0 Å². The molecular weight excluding hydrogens is 295 g/mol. The van der Waals surface area contributed by atoms with Crippen molar-refractivity contribution in [2.24, 2.45) is 0 Å². The van der Waals surface area contributed by atoms with Gasteiger partial charge in [-0.1, -0.05) is 6.07 Å². The summed E-state index contributed by atoms with van der Waals surface area (Å²) in [4.78, 5) is 0. The molecule has 1 saturated heterocycles. The lowest BCUT2D eigenvalue weighted by Gasteiger charge is -2.20. The summed E-state index contributed by atoms with van der Waals surface area (Å²) in [5.74, 6) is -0.308. The molecule has 2 rings (SSSR count). The first-order valence-electron chi connectivity index (χ1n) is 7.13. The predicted octanol–water partition coefficient (Wildman–Crippen LogP) is 2.22. The minimum atomic E-state index is -3.51. The Kier molecular flexibility index (Phi) is 5.18. The summed E-state index contributed by atoms with van der Waals surface area (Å²) >= 11 is 0. The minimum Gasteiger partial charge on any atom is -0.491 e. The van der Waals surface area contributed by atoms with Gasteiger partial charge in [0.1, 0.15) is 0 Å². The monoisotopic (exact) mass is 316 g/mol. The van der Waals surface area contributed by atoms with Gasteiger partial charge in [-0.25, -0.2) is 4.39 Å². The van der Waals surface area contributed by atoms with Gasteiger partial charge in [0.15, 0.2) is 11.6 Å². The van der Waals surface area contributed by atoms with Crippen molar-refractivity contribution in [2.75, 3.05) is 19.7 Å². The Balaban J connectivity index is 2.09. The Morgan fingerprint density at radius 1 is 1.38 bits per heavy atom. The average Bonchev–Trinajstić information content (AvgIpc) is 2.95. The van der Waals surface area contributed by atoms with E-state index in [1.165, 1.54) is 16.4 Å². The zero-order valence-electron chi connectivity index (χ0n) is 12.3. The maximum Gasteiger partial charge on any atom is 0.279 e. The SMILES string of the molecule is CCOc1ccc([C@@H](C)NS(=O)(=O)N2CCCC2)cc1F. The molecule has 1 N–H and O–H groups in total. The Bertz CT molecular complexity index is 586. The molecule has 7 heteroatoms. The maximum atomic E-state index is 13.8. The molecule has 0 bridgehead atoms. The third kappa shape index (κ3) is 3.93. The molecule has 0 spiro atoms. The van der Waals surface area contributed by atoms with E-state index in [1.54, 1.807) is 19.9 Å². The highest BCUT2D eigenvalue weighted by Gasteiger charge is 2.27. The first-order valence-corrected chi connectivity index (χ1v) is 8.57. The van der Waals surface area contributed by atoms with E-state index in [1.807, 2.05) is 0 Å². The topological polar surface area (TPSA) is 58.6 Å². The zero-order valence-corrected chi connectivity index (χ0v) is 13.1. The summed E-state index contributed by atoms with van der Waals surface area (Å²) in [6, 6.07) is 4.00. The molecule has 0 aromatic heterocycles. The van der Waals surface area contributed by atoms with Crippen molar-refractivity contribution in [3.63, 3.8) is 0 Å². The number of hydrogen-bond acceptors (Lipinski definition) is 3. The molecule has 1 aliphatic heterocycles. The number of hydrogen-bond donors (Lipinski definition) is 1. The summed E-state index contributed by atoms with van der Waals surface area (Å²) in [5.41, 5.74) is 0.568. The van der Waals surface area contributed by atoms with E-state index in [2.05, 4.69) is 4.72 Å². The van der Waals surface area contributed by atoms with E-state index in [4.69, 9.17) is 4.74 Å². The normalized spacial score (nSPS) is 17.9. The molecule has 0 unspecified atom stereocenters. The predicted molar refractivity (Wildman–Crippen MR) is 78.8 cm³/mol. The lowest BCUT2D eigenvalue weighted by atomic mass is 10.1. The Morgan fingerprint density at radius 3 is 2.62 bits per heavy atom. The van der Waals surface area contributed by atoms with Crippen molar-refractivity contribution in [1.82, 2.24) is 9.03 Å². The number of rotatable bonds is 6. The smallest absolute Gasteiger partial charge is 0.279 e. The summed E-state index contributed by atoms with van der Waals surface area (Å²) in [5, 5.41) is 0. The maximum absolute atomic E-state index is 13.8. The fraction of sp³-hybridized carbons (Fsp3) is 0.571. The zero-order chi connectivity index (χ0) is 15.5. The van der Waals surface area contributed by atoms with Gasteiger partial charge in [0, 0.05) is 19.1 Å². The van der Waals surface area contributed by atoms with E-state index >= 15 is 0 Å². The second-order valence-corrected chi connectivity index (χ2v) is 6.78. The van der Waals surface area contributed by atoms with Gasteiger partial charge in [-0.2, -0.15) is 17.4 Å². The minimum absolute atomic E-state index is 0.177. The molecule has 21 heavy (non-hydrogen) atoms. The molecule has 0 saturated carbocycles. The Hall–Kier alpha value is -1.18. The van der Waals surface area contributed by atoms with Crippen LogP contribution < -0.4 is 9.46 Å². The molecule has 118 valence electrons. The molecule has 5 nitrogen and oxygen atoms in total. The number of halogens is 1. The van der Waals surface area contributed by atoms with Crippen LogP contribution in [0.25, 0.3) is 0 Å². The highest BCUT2D eigenvalue weighted by Crippen LogP contribution is 2.23. The largest absolute Gasteiger partial charge is 0.491 e. The van der Waals surface area contributed by atoms with E-state index in [-0.39, 0.29) is 5.75 Å². The molecule has 1 fully saturated rings. The van der Waals surface area contributed by atoms with Crippen molar-refractivity contribution in [2.45, 2.75) is 32.7 Å². The van der Waals surface area contributed by atoms with Crippen molar-refractivity contribution in [3.8, 4) is 5.75 Å². The Labute approximate surface area is 125 Å². The van der Waals surface area contributed by atoms with Crippen LogP contribution in [0.1, 0.15) is 38.3 Å². The number of nitrogens with zero attached hydrogens (tertiary/aromatic N) is 1. The van der Waals surface area contributed by atoms with E-state index < -0.39 is 22.1 Å². The molecule has 1 heterocycles. The quantitative estimate of drug-likeness (QED) is 0.875. The second-order valence-electron chi connectivity index (χ2n) is 5.07. The lowest BCUT2D eigenvalue weighted by Crippen LogP contribution is -2.40. The van der Waals surface area contributed by atoms with Crippen LogP contribution in [0, 0.1) is 5.82 Å². The molecule has 0 radical (unpaired) electrons. The average molecular weight is 316 g/mol. The highest BCUT2D eigenvalue weighted by atomic mass is 32.2. The fourth-order valence-corrected chi connectivity index (χ4v) is 3.82. The van der Waals surface area contributed by atoms with E-state index in [0.717, 1.165) is 12.8 Å². The Morgan fingerprint density at radius 2 is 2.05 bits per heavy atom. The number of ether oxygens (including phenoxy) is 1. The summed E-state index contributed by atoms with van der Waals surface area (Å²) < 4.78 is 47.3. The van der Waals surface area contributed by atoms with Crippen LogP contribution >= 0.6 is 0 Å². The number of benzene rings is 1. The first kappa shape index (κ1) is 16.2. The molecule has 1 aromatic rings. The van der Waals surface area contributed by atoms with Crippen LogP contribution in [0.15, 0.2) is 18.2 Å². The van der Waals surface area contributed by atoms with Crippen LogP contribution in [-0.4, -0.2) is 32.4 Å². The van der Waals surface area contributed by atoms with Gasteiger partial charge >= 0.3 is 0 Å². The molecule has 1 aromatic carbocycles. The van der Waals surface area contributed by atoms with E-state index in [0.29, 0.717) is 25.3 Å². The molecule has 0 aliphatic carbocycles. The molecule has 0 amide bonds. The summed E-state index contributed by atoms with van der Waals surface area (Å²) in [6.07, 6.45) is 1.76. The van der Waals surface area contributed by atoms with Gasteiger partial charge in [-0.3, -0.25) is 0 Å². The van der Waals surface area contributed by atoms with Crippen LogP contribution in [-0.2, 0) is 10.2 Å². The highest BCUT2D eigenvalue weighted by molar-refractivity contribution is 7.87. The molecular formula is C14H21FN2O3S. The standard InChI is InChI=1S/C14H21FN2O3S/c1-3-20-14-7-6-12(10-13(14)15)11(2)16-21(18,19)17-8-4-5-9-17/h6-7,10-11,16H,3-5,8-9H2,1-2H3/t11-/m1/s1. The van der Waals surface area contributed by atoms with Crippen LogP contribution in [0.4, 0.5) is 4.39 Å². The van der Waals surface area contributed by atoms with Crippen LogP contribution in [0.5, 0.6) is 5.75 Å². The van der Waals surface area contributed by atoms with Gasteiger partial charge in [-0.15, -0.1) is 0 Å². The van der Waals surface area contributed by atoms with Gasteiger partial charge in [0.05, 0.1) is 6.61 Å².